The molecular weight excluding hydrogens is 406 g/mol. The van der Waals surface area contributed by atoms with Crippen molar-refractivity contribution in [3.63, 3.8) is 0 Å². The van der Waals surface area contributed by atoms with Crippen LogP contribution in [0.1, 0.15) is 5.56 Å². The molecule has 1 aromatic heterocycles. The van der Waals surface area contributed by atoms with Gasteiger partial charge in [-0.25, -0.2) is 17.7 Å². The molecule has 0 aliphatic rings. The number of hydrogen-bond donors (Lipinski definition) is 0. The van der Waals surface area contributed by atoms with Crippen molar-refractivity contribution in [1.29, 1.82) is 0 Å². The van der Waals surface area contributed by atoms with E-state index < -0.39 is 10.0 Å². The second-order valence-electron chi connectivity index (χ2n) is 5.77. The Morgan fingerprint density at radius 1 is 1.16 bits per heavy atom. The number of hydrogen-bond acceptors (Lipinski definition) is 4. The maximum atomic E-state index is 12.7. The topological polar surface area (TPSA) is 72.3 Å². The van der Waals surface area contributed by atoms with Crippen LogP contribution in [0.2, 0.25) is 0 Å². The van der Waals surface area contributed by atoms with Gasteiger partial charge in [0.1, 0.15) is 0 Å². The Labute approximate surface area is 153 Å². The Balaban J connectivity index is 2.03. The molecule has 0 atom stereocenters. The number of benzene rings is 2. The molecule has 130 valence electrons. The van der Waals surface area contributed by atoms with E-state index in [9.17, 15) is 13.2 Å². The Bertz CT molecular complexity index is 1110. The Hall–Kier alpha value is -2.03. The van der Waals surface area contributed by atoms with Crippen molar-refractivity contribution in [2.45, 2.75) is 11.4 Å². The molecule has 6 nitrogen and oxygen atoms in total. The fourth-order valence-corrected chi connectivity index (χ4v) is 3.79. The number of sulfonamides is 1. The summed E-state index contributed by atoms with van der Waals surface area (Å²) in [6, 6.07) is 11.9. The number of nitrogens with zero attached hydrogens (tertiary/aromatic N) is 3. The van der Waals surface area contributed by atoms with Crippen molar-refractivity contribution in [2.24, 2.45) is 0 Å². The minimum absolute atomic E-state index is 0.174. The zero-order valence-electron chi connectivity index (χ0n) is 13.7. The molecule has 0 spiro atoms. The first kappa shape index (κ1) is 17.8. The number of aromatic nitrogens is 2. The van der Waals surface area contributed by atoms with Gasteiger partial charge in [0, 0.05) is 18.6 Å². The van der Waals surface area contributed by atoms with E-state index in [0.717, 1.165) is 8.78 Å². The molecule has 0 saturated carbocycles. The van der Waals surface area contributed by atoms with Gasteiger partial charge in [-0.1, -0.05) is 28.1 Å². The lowest BCUT2D eigenvalue weighted by Crippen LogP contribution is -2.23. The van der Waals surface area contributed by atoms with Gasteiger partial charge in [-0.15, -0.1) is 0 Å². The highest BCUT2D eigenvalue weighted by molar-refractivity contribution is 9.10. The summed E-state index contributed by atoms with van der Waals surface area (Å²) in [5.74, 6) is 0. The first-order valence-corrected chi connectivity index (χ1v) is 9.68. The predicted octanol–water partition coefficient (Wildman–Crippen LogP) is 2.46. The predicted molar refractivity (Wildman–Crippen MR) is 100 cm³/mol. The van der Waals surface area contributed by atoms with E-state index >= 15 is 0 Å². The van der Waals surface area contributed by atoms with Gasteiger partial charge >= 0.3 is 0 Å². The van der Waals surface area contributed by atoms with E-state index in [4.69, 9.17) is 0 Å². The maximum Gasteiger partial charge on any atom is 0.261 e. The normalized spacial score (nSPS) is 12.0. The van der Waals surface area contributed by atoms with Gasteiger partial charge in [0.15, 0.2) is 0 Å². The lowest BCUT2D eigenvalue weighted by Gasteiger charge is -2.13. The van der Waals surface area contributed by atoms with Crippen molar-refractivity contribution in [3.05, 3.63) is 69.2 Å². The molecule has 0 radical (unpaired) electrons. The van der Waals surface area contributed by atoms with Gasteiger partial charge in [0.05, 0.1) is 28.7 Å². The second-order valence-corrected chi connectivity index (χ2v) is 8.84. The smallest absolute Gasteiger partial charge is 0.261 e. The van der Waals surface area contributed by atoms with Gasteiger partial charge in [-0.05, 0) is 35.9 Å². The van der Waals surface area contributed by atoms with Crippen LogP contribution < -0.4 is 5.56 Å². The first-order valence-electron chi connectivity index (χ1n) is 7.45. The summed E-state index contributed by atoms with van der Waals surface area (Å²) in [4.78, 5) is 17.1. The molecule has 0 bridgehead atoms. The number of halogens is 1. The summed E-state index contributed by atoms with van der Waals surface area (Å²) in [5.41, 5.74) is 1.15. The van der Waals surface area contributed by atoms with Crippen LogP contribution in [0.4, 0.5) is 0 Å². The minimum Gasteiger partial charge on any atom is -0.294 e. The van der Waals surface area contributed by atoms with Crippen LogP contribution in [0, 0.1) is 0 Å². The highest BCUT2D eigenvalue weighted by atomic mass is 79.9. The molecule has 3 aromatic rings. The second kappa shape index (κ2) is 6.70. The zero-order chi connectivity index (χ0) is 18.2. The lowest BCUT2D eigenvalue weighted by molar-refractivity contribution is 0.520. The SMILES string of the molecule is CN(C)S(=O)(=O)c1cccc(Cn2cnc3ccc(Br)cc3c2=O)c1. The van der Waals surface area contributed by atoms with Gasteiger partial charge in [-0.2, -0.15) is 0 Å². The lowest BCUT2D eigenvalue weighted by atomic mass is 10.2. The fraction of sp³-hybridized carbons (Fsp3) is 0.176. The van der Waals surface area contributed by atoms with Crippen molar-refractivity contribution in [2.75, 3.05) is 14.1 Å². The molecule has 0 aliphatic carbocycles. The molecule has 2 aromatic carbocycles. The summed E-state index contributed by atoms with van der Waals surface area (Å²) in [6.45, 7) is 0.241. The molecule has 0 amide bonds. The molecule has 1 heterocycles. The summed E-state index contributed by atoms with van der Waals surface area (Å²) in [7, 11) is -0.550. The van der Waals surface area contributed by atoms with Crippen molar-refractivity contribution in [3.8, 4) is 0 Å². The van der Waals surface area contributed by atoms with E-state index in [2.05, 4.69) is 20.9 Å². The van der Waals surface area contributed by atoms with Gasteiger partial charge < -0.3 is 0 Å². The third kappa shape index (κ3) is 3.51. The Morgan fingerprint density at radius 3 is 2.64 bits per heavy atom. The Morgan fingerprint density at radius 2 is 1.92 bits per heavy atom. The molecule has 0 unspecified atom stereocenters. The van der Waals surface area contributed by atoms with Crippen LogP contribution in [0.3, 0.4) is 0 Å². The summed E-state index contributed by atoms with van der Waals surface area (Å²) in [6.07, 6.45) is 1.48. The molecule has 0 N–H and O–H groups in total. The average molecular weight is 422 g/mol. The summed E-state index contributed by atoms with van der Waals surface area (Å²) < 4.78 is 27.9. The van der Waals surface area contributed by atoms with Crippen LogP contribution >= 0.6 is 15.9 Å². The number of fused-ring (bicyclic) bond motifs is 1. The minimum atomic E-state index is -3.52. The highest BCUT2D eigenvalue weighted by Gasteiger charge is 2.17. The molecule has 3 rings (SSSR count). The quantitative estimate of drug-likeness (QED) is 0.648. The molecule has 0 aliphatic heterocycles. The van der Waals surface area contributed by atoms with Gasteiger partial charge in [0.25, 0.3) is 5.56 Å². The zero-order valence-corrected chi connectivity index (χ0v) is 16.1. The van der Waals surface area contributed by atoms with Crippen LogP contribution in [-0.2, 0) is 16.6 Å². The summed E-state index contributed by atoms with van der Waals surface area (Å²) >= 11 is 3.36. The molecule has 25 heavy (non-hydrogen) atoms. The van der Waals surface area contributed by atoms with Crippen LogP contribution in [0.15, 0.2) is 63.0 Å². The van der Waals surface area contributed by atoms with Crippen molar-refractivity contribution < 1.29 is 8.42 Å². The van der Waals surface area contributed by atoms with Crippen LogP contribution in [0.25, 0.3) is 10.9 Å². The summed E-state index contributed by atoms with van der Waals surface area (Å²) in [5, 5.41) is 0.508. The van der Waals surface area contributed by atoms with Gasteiger partial charge in [0.2, 0.25) is 10.0 Å². The molecule has 0 fully saturated rings. The third-order valence-corrected chi connectivity index (χ3v) is 6.12. The van der Waals surface area contributed by atoms with Crippen molar-refractivity contribution in [1.82, 2.24) is 13.9 Å². The first-order chi connectivity index (χ1) is 11.8. The highest BCUT2D eigenvalue weighted by Crippen LogP contribution is 2.17. The monoisotopic (exact) mass is 421 g/mol. The van der Waals surface area contributed by atoms with Crippen LogP contribution in [-0.4, -0.2) is 36.4 Å². The van der Waals surface area contributed by atoms with Gasteiger partial charge in [-0.3, -0.25) is 9.36 Å². The van der Waals surface area contributed by atoms with E-state index in [1.165, 1.54) is 31.1 Å². The van der Waals surface area contributed by atoms with Crippen molar-refractivity contribution >= 4 is 36.9 Å². The van der Waals surface area contributed by atoms with E-state index in [1.807, 2.05) is 6.07 Å². The van der Waals surface area contributed by atoms with Crippen LogP contribution in [0.5, 0.6) is 0 Å². The molecular formula is C17H16BrN3O3S. The van der Waals surface area contributed by atoms with E-state index in [-0.39, 0.29) is 17.0 Å². The molecule has 8 heteroatoms. The van der Waals surface area contributed by atoms with E-state index in [0.29, 0.717) is 16.5 Å². The Kier molecular flexibility index (Phi) is 4.77. The largest absolute Gasteiger partial charge is 0.294 e. The molecule has 0 saturated heterocycles. The average Bonchev–Trinajstić information content (AvgIpc) is 2.58. The third-order valence-electron chi connectivity index (χ3n) is 3.82. The number of rotatable bonds is 4. The maximum absolute atomic E-state index is 12.7. The standard InChI is InChI=1S/C17H16BrN3O3S/c1-20(2)25(23,24)14-5-3-4-12(8-14)10-21-11-19-16-7-6-13(18)9-15(16)17(21)22/h3-9,11H,10H2,1-2H3. The van der Waals surface area contributed by atoms with E-state index in [1.54, 1.807) is 30.3 Å². The fourth-order valence-electron chi connectivity index (χ4n) is 2.46.